The van der Waals surface area contributed by atoms with Crippen LogP contribution in [-0.4, -0.2) is 41.2 Å². The number of aliphatic carboxylic acids is 1. The number of nitrogens with one attached hydrogen (secondary N) is 1. The van der Waals surface area contributed by atoms with Gasteiger partial charge in [-0.25, -0.2) is 9.97 Å². The van der Waals surface area contributed by atoms with Crippen molar-refractivity contribution in [2.75, 3.05) is 30.4 Å². The number of rotatable bonds is 9. The molecule has 0 fully saturated rings. The summed E-state index contributed by atoms with van der Waals surface area (Å²) in [6.07, 6.45) is 4.55. The summed E-state index contributed by atoms with van der Waals surface area (Å²) < 4.78 is 0. The Balaban J connectivity index is 2.45. The summed E-state index contributed by atoms with van der Waals surface area (Å²) in [6, 6.07) is 1.89. The molecule has 6 heteroatoms. The van der Waals surface area contributed by atoms with Crippen LogP contribution in [0.3, 0.4) is 0 Å². The molecule has 19 heavy (non-hydrogen) atoms. The molecule has 6 nitrogen and oxygen atoms in total. The third-order valence-corrected chi connectivity index (χ3v) is 2.76. The van der Waals surface area contributed by atoms with E-state index in [4.69, 9.17) is 5.11 Å². The van der Waals surface area contributed by atoms with Gasteiger partial charge in [0, 0.05) is 32.6 Å². The molecule has 2 N–H and O–H groups in total. The Morgan fingerprint density at radius 3 is 2.89 bits per heavy atom. The van der Waals surface area contributed by atoms with E-state index >= 15 is 0 Å². The fourth-order valence-corrected chi connectivity index (χ4v) is 1.62. The minimum Gasteiger partial charge on any atom is -0.481 e. The van der Waals surface area contributed by atoms with Crippen molar-refractivity contribution in [3.63, 3.8) is 0 Å². The maximum atomic E-state index is 10.4. The molecule has 1 rings (SSSR count). The molecule has 0 aliphatic carbocycles. The van der Waals surface area contributed by atoms with E-state index in [1.54, 1.807) is 0 Å². The molecule has 1 aromatic heterocycles. The van der Waals surface area contributed by atoms with Gasteiger partial charge in [-0.3, -0.25) is 4.79 Å². The zero-order valence-corrected chi connectivity index (χ0v) is 11.6. The Morgan fingerprint density at radius 2 is 2.21 bits per heavy atom. The lowest BCUT2D eigenvalue weighted by atomic mass is 10.3. The van der Waals surface area contributed by atoms with Gasteiger partial charge in [0.25, 0.3) is 0 Å². The molecule has 0 bridgehead atoms. The zero-order valence-electron chi connectivity index (χ0n) is 11.6. The first kappa shape index (κ1) is 15.2. The molecule has 1 heterocycles. The van der Waals surface area contributed by atoms with Gasteiger partial charge in [0.05, 0.1) is 0 Å². The van der Waals surface area contributed by atoms with E-state index in [-0.39, 0.29) is 6.42 Å². The average molecular weight is 266 g/mol. The van der Waals surface area contributed by atoms with Crippen LogP contribution in [0.1, 0.15) is 32.6 Å². The molecule has 0 aliphatic rings. The molecule has 0 spiro atoms. The average Bonchev–Trinajstić information content (AvgIpc) is 2.41. The molecule has 1 aromatic rings. The van der Waals surface area contributed by atoms with Crippen LogP contribution in [0.25, 0.3) is 0 Å². The Labute approximate surface area is 113 Å². The van der Waals surface area contributed by atoms with Crippen molar-refractivity contribution in [3.05, 3.63) is 12.4 Å². The standard InChI is InChI=1S/C13H22N4O2/c1-3-4-8-17(2)12-9-11(15-10-16-12)14-7-5-6-13(18)19/h9-10H,3-8H2,1-2H3,(H,18,19)(H,14,15,16). The van der Waals surface area contributed by atoms with Crippen LogP contribution in [0.2, 0.25) is 0 Å². The van der Waals surface area contributed by atoms with Crippen molar-refractivity contribution >= 4 is 17.6 Å². The Morgan fingerprint density at radius 1 is 1.42 bits per heavy atom. The van der Waals surface area contributed by atoms with E-state index in [1.165, 1.54) is 6.33 Å². The molecule has 0 radical (unpaired) electrons. The molecule has 0 atom stereocenters. The molecule has 0 unspecified atom stereocenters. The van der Waals surface area contributed by atoms with E-state index in [2.05, 4.69) is 27.1 Å². The smallest absolute Gasteiger partial charge is 0.303 e. The fourth-order valence-electron chi connectivity index (χ4n) is 1.62. The molecular formula is C13H22N4O2. The van der Waals surface area contributed by atoms with Gasteiger partial charge < -0.3 is 15.3 Å². The summed E-state index contributed by atoms with van der Waals surface area (Å²) in [4.78, 5) is 20.8. The number of carboxylic acids is 1. The van der Waals surface area contributed by atoms with E-state index in [9.17, 15) is 4.79 Å². The highest BCUT2D eigenvalue weighted by Crippen LogP contribution is 2.13. The largest absolute Gasteiger partial charge is 0.481 e. The molecule has 0 aromatic carbocycles. The number of carbonyl (C=O) groups is 1. The molecular weight excluding hydrogens is 244 g/mol. The van der Waals surface area contributed by atoms with Crippen LogP contribution in [0, 0.1) is 0 Å². The second-order valence-electron chi connectivity index (χ2n) is 4.46. The van der Waals surface area contributed by atoms with E-state index in [0.29, 0.717) is 13.0 Å². The molecule has 0 aliphatic heterocycles. The van der Waals surface area contributed by atoms with Gasteiger partial charge >= 0.3 is 5.97 Å². The lowest BCUT2D eigenvalue weighted by molar-refractivity contribution is -0.137. The number of aromatic nitrogens is 2. The first-order valence-electron chi connectivity index (χ1n) is 6.62. The number of hydrogen-bond acceptors (Lipinski definition) is 5. The SMILES string of the molecule is CCCCN(C)c1cc(NCCCC(=O)O)ncn1. The molecule has 0 amide bonds. The maximum Gasteiger partial charge on any atom is 0.303 e. The van der Waals surface area contributed by atoms with Gasteiger partial charge in [-0.15, -0.1) is 0 Å². The van der Waals surface area contributed by atoms with Crippen LogP contribution in [0.15, 0.2) is 12.4 Å². The summed E-state index contributed by atoms with van der Waals surface area (Å²) in [7, 11) is 2.01. The topological polar surface area (TPSA) is 78.4 Å². The van der Waals surface area contributed by atoms with Crippen LogP contribution in [0.4, 0.5) is 11.6 Å². The maximum absolute atomic E-state index is 10.4. The van der Waals surface area contributed by atoms with Gasteiger partial charge in [0.15, 0.2) is 0 Å². The Hall–Kier alpha value is -1.85. The van der Waals surface area contributed by atoms with E-state index < -0.39 is 5.97 Å². The summed E-state index contributed by atoms with van der Waals surface area (Å²) in [6.45, 7) is 3.72. The highest BCUT2D eigenvalue weighted by Gasteiger charge is 2.04. The highest BCUT2D eigenvalue weighted by molar-refractivity contribution is 5.66. The van der Waals surface area contributed by atoms with Crippen LogP contribution < -0.4 is 10.2 Å². The van der Waals surface area contributed by atoms with Gasteiger partial charge in [-0.1, -0.05) is 13.3 Å². The van der Waals surface area contributed by atoms with Gasteiger partial charge in [-0.2, -0.15) is 0 Å². The van der Waals surface area contributed by atoms with E-state index in [1.807, 2.05) is 13.1 Å². The van der Waals surface area contributed by atoms with Crippen molar-refractivity contribution in [2.24, 2.45) is 0 Å². The number of anilines is 2. The minimum absolute atomic E-state index is 0.168. The Kier molecular flexibility index (Phi) is 6.63. The third-order valence-electron chi connectivity index (χ3n) is 2.76. The first-order chi connectivity index (χ1) is 9.13. The Bertz CT molecular complexity index is 398. The molecule has 0 saturated carbocycles. The number of hydrogen-bond donors (Lipinski definition) is 2. The van der Waals surface area contributed by atoms with Crippen LogP contribution in [0.5, 0.6) is 0 Å². The lowest BCUT2D eigenvalue weighted by Crippen LogP contribution is -2.20. The number of unbranched alkanes of at least 4 members (excludes halogenated alkanes) is 1. The minimum atomic E-state index is -0.774. The summed E-state index contributed by atoms with van der Waals surface area (Å²) in [5.41, 5.74) is 0. The fraction of sp³-hybridized carbons (Fsp3) is 0.615. The monoisotopic (exact) mass is 266 g/mol. The number of nitrogens with zero attached hydrogens (tertiary/aromatic N) is 3. The molecule has 0 saturated heterocycles. The number of carboxylic acid groups (broad SMARTS) is 1. The summed E-state index contributed by atoms with van der Waals surface area (Å²) in [5, 5.41) is 11.7. The zero-order chi connectivity index (χ0) is 14.1. The van der Waals surface area contributed by atoms with Crippen molar-refractivity contribution in [2.45, 2.75) is 32.6 Å². The summed E-state index contributed by atoms with van der Waals surface area (Å²) in [5.74, 6) is 0.840. The quantitative estimate of drug-likeness (QED) is 0.665. The van der Waals surface area contributed by atoms with Crippen molar-refractivity contribution in [1.29, 1.82) is 0 Å². The van der Waals surface area contributed by atoms with Gasteiger partial charge in [0.1, 0.15) is 18.0 Å². The second-order valence-corrected chi connectivity index (χ2v) is 4.46. The van der Waals surface area contributed by atoms with Gasteiger partial charge in [-0.05, 0) is 12.8 Å². The highest BCUT2D eigenvalue weighted by atomic mass is 16.4. The van der Waals surface area contributed by atoms with Crippen molar-refractivity contribution in [1.82, 2.24) is 9.97 Å². The predicted octanol–water partition coefficient (Wildman–Crippen LogP) is 1.99. The first-order valence-corrected chi connectivity index (χ1v) is 6.62. The third kappa shape index (κ3) is 6.03. The molecule has 106 valence electrons. The van der Waals surface area contributed by atoms with Crippen LogP contribution >= 0.6 is 0 Å². The lowest BCUT2D eigenvalue weighted by Gasteiger charge is -2.18. The van der Waals surface area contributed by atoms with Crippen molar-refractivity contribution in [3.8, 4) is 0 Å². The predicted molar refractivity (Wildman–Crippen MR) is 75.6 cm³/mol. The summed E-state index contributed by atoms with van der Waals surface area (Å²) >= 11 is 0. The second kappa shape index (κ2) is 8.29. The normalized spacial score (nSPS) is 10.2. The van der Waals surface area contributed by atoms with Crippen molar-refractivity contribution < 1.29 is 9.90 Å². The van der Waals surface area contributed by atoms with E-state index in [0.717, 1.165) is 31.0 Å². The van der Waals surface area contributed by atoms with Crippen LogP contribution in [-0.2, 0) is 4.79 Å². The van der Waals surface area contributed by atoms with Gasteiger partial charge in [0.2, 0.25) is 0 Å².